The van der Waals surface area contributed by atoms with Crippen molar-refractivity contribution in [2.24, 2.45) is 23.7 Å². The zero-order chi connectivity index (χ0) is 13.9. The maximum absolute atomic E-state index is 12.6. The molecule has 1 aliphatic heterocycles. The van der Waals surface area contributed by atoms with Gasteiger partial charge in [-0.3, -0.25) is 0 Å². The van der Waals surface area contributed by atoms with Crippen LogP contribution >= 0.6 is 0 Å². The van der Waals surface area contributed by atoms with Crippen molar-refractivity contribution in [2.75, 3.05) is 13.2 Å². The molecule has 5 unspecified atom stereocenters. The maximum Gasteiger partial charge on any atom is 0.280 e. The summed E-state index contributed by atoms with van der Waals surface area (Å²) in [5.41, 5.74) is 0. The Morgan fingerprint density at radius 3 is 2.45 bits per heavy atom. The van der Waals surface area contributed by atoms with E-state index in [0.29, 0.717) is 18.4 Å². The molecule has 3 aliphatic carbocycles. The van der Waals surface area contributed by atoms with E-state index in [4.69, 9.17) is 0 Å². The van der Waals surface area contributed by atoms with Gasteiger partial charge in [-0.25, -0.2) is 0 Å². The van der Waals surface area contributed by atoms with Gasteiger partial charge in [-0.1, -0.05) is 6.42 Å². The Balaban J connectivity index is 1.45. The van der Waals surface area contributed by atoms with E-state index in [1.807, 2.05) is 0 Å². The Hall–Kier alpha value is -0.170. The van der Waals surface area contributed by atoms with Crippen LogP contribution in [0.3, 0.4) is 0 Å². The largest absolute Gasteiger partial charge is 0.395 e. The summed E-state index contributed by atoms with van der Waals surface area (Å²) in [4.78, 5) is 0. The standard InChI is InChI=1S/C14H24N2O3S/c17-8-11-3-1-2-6-16(11)20(18,19)15-14-12-9-4-5-10(7-9)13(12)14/h9-15,17H,1-8H2. The van der Waals surface area contributed by atoms with E-state index in [0.717, 1.165) is 31.1 Å². The van der Waals surface area contributed by atoms with E-state index in [1.54, 1.807) is 0 Å². The van der Waals surface area contributed by atoms with Gasteiger partial charge in [0, 0.05) is 18.6 Å². The molecule has 0 spiro atoms. The van der Waals surface area contributed by atoms with E-state index in [2.05, 4.69) is 4.72 Å². The lowest BCUT2D eigenvalue weighted by atomic mass is 10.0. The van der Waals surface area contributed by atoms with Crippen LogP contribution in [0.2, 0.25) is 0 Å². The van der Waals surface area contributed by atoms with Gasteiger partial charge in [0.15, 0.2) is 0 Å². The molecule has 2 bridgehead atoms. The predicted octanol–water partition coefficient (Wildman–Crippen LogP) is 0.712. The van der Waals surface area contributed by atoms with Crippen LogP contribution in [0.1, 0.15) is 38.5 Å². The van der Waals surface area contributed by atoms with Gasteiger partial charge >= 0.3 is 0 Å². The van der Waals surface area contributed by atoms with Crippen LogP contribution in [0.5, 0.6) is 0 Å². The van der Waals surface area contributed by atoms with Crippen molar-refractivity contribution < 1.29 is 13.5 Å². The average Bonchev–Trinajstić information content (AvgIpc) is 2.85. The smallest absolute Gasteiger partial charge is 0.280 e. The molecule has 20 heavy (non-hydrogen) atoms. The number of nitrogens with one attached hydrogen (secondary N) is 1. The molecule has 0 amide bonds. The summed E-state index contributed by atoms with van der Waals surface area (Å²) in [5.74, 6) is 2.77. The molecular formula is C14H24N2O3S. The predicted molar refractivity (Wildman–Crippen MR) is 75.1 cm³/mol. The zero-order valence-corrected chi connectivity index (χ0v) is 12.6. The van der Waals surface area contributed by atoms with Crippen molar-refractivity contribution >= 4 is 10.2 Å². The van der Waals surface area contributed by atoms with Crippen LogP contribution in [0.15, 0.2) is 0 Å². The van der Waals surface area contributed by atoms with Crippen LogP contribution < -0.4 is 4.72 Å². The third-order valence-electron chi connectivity index (χ3n) is 6.11. The van der Waals surface area contributed by atoms with Gasteiger partial charge in [0.2, 0.25) is 0 Å². The van der Waals surface area contributed by atoms with Crippen LogP contribution in [0, 0.1) is 23.7 Å². The van der Waals surface area contributed by atoms with Crippen molar-refractivity contribution in [3.05, 3.63) is 0 Å². The van der Waals surface area contributed by atoms with Crippen LogP contribution in [-0.4, -0.2) is 43.1 Å². The minimum Gasteiger partial charge on any atom is -0.395 e. The highest BCUT2D eigenvalue weighted by Crippen LogP contribution is 2.65. The molecule has 0 aromatic heterocycles. The van der Waals surface area contributed by atoms with Crippen molar-refractivity contribution in [2.45, 2.75) is 50.6 Å². The first-order chi connectivity index (χ1) is 9.62. The van der Waals surface area contributed by atoms with Crippen LogP contribution in [0.4, 0.5) is 0 Å². The van der Waals surface area contributed by atoms with Crippen LogP contribution in [0.25, 0.3) is 0 Å². The fourth-order valence-corrected chi connectivity index (χ4v) is 6.92. The molecular weight excluding hydrogens is 276 g/mol. The number of fused-ring (bicyclic) bond motifs is 5. The SMILES string of the molecule is O=S(=O)(NC1C2C3CCC(C3)C12)N1CCCCC1CO. The normalized spacial score (nSPS) is 47.5. The molecule has 4 rings (SSSR count). The van der Waals surface area contributed by atoms with E-state index < -0.39 is 10.2 Å². The lowest BCUT2D eigenvalue weighted by Gasteiger charge is -2.33. The first-order valence-electron chi connectivity index (χ1n) is 8.02. The second-order valence-electron chi connectivity index (χ2n) is 7.08. The summed E-state index contributed by atoms with van der Waals surface area (Å²) >= 11 is 0. The number of hydrogen-bond donors (Lipinski definition) is 2. The molecule has 2 N–H and O–H groups in total. The fourth-order valence-electron chi connectivity index (χ4n) is 5.20. The Morgan fingerprint density at radius 2 is 1.80 bits per heavy atom. The van der Waals surface area contributed by atoms with E-state index in [9.17, 15) is 13.5 Å². The topological polar surface area (TPSA) is 69.6 Å². The van der Waals surface area contributed by atoms with Crippen molar-refractivity contribution in [3.63, 3.8) is 0 Å². The Bertz CT molecular complexity index is 479. The van der Waals surface area contributed by atoms with Gasteiger partial charge in [-0.15, -0.1) is 0 Å². The van der Waals surface area contributed by atoms with Crippen LogP contribution in [-0.2, 0) is 10.2 Å². The van der Waals surface area contributed by atoms with Gasteiger partial charge in [-0.2, -0.15) is 17.4 Å². The van der Waals surface area contributed by atoms with Gasteiger partial charge in [0.25, 0.3) is 10.2 Å². The summed E-state index contributed by atoms with van der Waals surface area (Å²) in [5, 5.41) is 9.40. The molecule has 6 heteroatoms. The fraction of sp³-hybridized carbons (Fsp3) is 1.00. The molecule has 0 aromatic rings. The molecule has 114 valence electrons. The number of piperidine rings is 1. The zero-order valence-electron chi connectivity index (χ0n) is 11.7. The Labute approximate surface area is 120 Å². The van der Waals surface area contributed by atoms with Gasteiger partial charge in [0.05, 0.1) is 6.61 Å². The van der Waals surface area contributed by atoms with E-state index in [1.165, 1.54) is 23.6 Å². The molecule has 5 nitrogen and oxygen atoms in total. The van der Waals surface area contributed by atoms with E-state index >= 15 is 0 Å². The molecule has 1 heterocycles. The third kappa shape index (κ3) is 1.95. The summed E-state index contributed by atoms with van der Waals surface area (Å²) in [6.07, 6.45) is 6.62. The highest BCUT2D eigenvalue weighted by atomic mass is 32.2. The summed E-state index contributed by atoms with van der Waals surface area (Å²) in [7, 11) is -3.42. The summed E-state index contributed by atoms with van der Waals surface area (Å²) in [6.45, 7) is 0.485. The average molecular weight is 300 g/mol. The number of hydrogen-bond acceptors (Lipinski definition) is 3. The highest BCUT2D eigenvalue weighted by molar-refractivity contribution is 7.87. The van der Waals surface area contributed by atoms with Crippen molar-refractivity contribution in [1.82, 2.24) is 9.03 Å². The number of aliphatic hydroxyl groups excluding tert-OH is 1. The molecule has 5 atom stereocenters. The minimum absolute atomic E-state index is 0.0658. The summed E-state index contributed by atoms with van der Waals surface area (Å²) in [6, 6.07) is -0.0379. The van der Waals surface area contributed by atoms with Gasteiger partial charge in [-0.05, 0) is 55.8 Å². The second-order valence-corrected chi connectivity index (χ2v) is 8.73. The van der Waals surface area contributed by atoms with Gasteiger partial charge < -0.3 is 5.11 Å². The number of aliphatic hydroxyl groups is 1. The number of rotatable bonds is 4. The third-order valence-corrected chi connectivity index (χ3v) is 7.78. The van der Waals surface area contributed by atoms with Gasteiger partial charge in [0.1, 0.15) is 0 Å². The monoisotopic (exact) mass is 300 g/mol. The first kappa shape index (κ1) is 13.5. The maximum atomic E-state index is 12.6. The quantitative estimate of drug-likeness (QED) is 0.803. The first-order valence-corrected chi connectivity index (χ1v) is 9.46. The molecule has 1 saturated heterocycles. The molecule has 0 radical (unpaired) electrons. The number of nitrogens with zero attached hydrogens (tertiary/aromatic N) is 1. The molecule has 0 aromatic carbocycles. The Morgan fingerprint density at radius 1 is 1.10 bits per heavy atom. The van der Waals surface area contributed by atoms with Crippen molar-refractivity contribution in [3.8, 4) is 0 Å². The summed E-state index contributed by atoms with van der Waals surface area (Å²) < 4.78 is 29.6. The molecule has 4 aliphatic rings. The lowest BCUT2D eigenvalue weighted by Crippen LogP contribution is -2.51. The van der Waals surface area contributed by atoms with E-state index in [-0.39, 0.29) is 18.7 Å². The minimum atomic E-state index is -3.42. The molecule has 3 saturated carbocycles. The Kier molecular flexibility index (Phi) is 3.15. The second kappa shape index (κ2) is 4.66. The highest BCUT2D eigenvalue weighted by Gasteiger charge is 2.66. The molecule has 4 fully saturated rings. The van der Waals surface area contributed by atoms with Crippen molar-refractivity contribution in [1.29, 1.82) is 0 Å². The lowest BCUT2D eigenvalue weighted by molar-refractivity contribution is 0.153.